The first-order chi connectivity index (χ1) is 44.2. The van der Waals surface area contributed by atoms with Gasteiger partial charge in [-0.15, -0.1) is 0 Å². The number of phenols is 1. The summed E-state index contributed by atoms with van der Waals surface area (Å²) < 4.78 is 0. The summed E-state index contributed by atoms with van der Waals surface area (Å²) in [5, 5.41) is 82.2. The number of carbonyl (C=O) groups is 14. The molecule has 22 N–H and O–H groups in total. The lowest BCUT2D eigenvalue weighted by molar-refractivity contribution is -0.144. The normalized spacial score (nSPS) is 16.4. The number of aromatic nitrogens is 1. The number of phenolic OH excluding ortho intramolecular Hbond substituents is 1. The van der Waals surface area contributed by atoms with Gasteiger partial charge in [0.1, 0.15) is 66.2 Å². The molecule has 4 rings (SSSR count). The first kappa shape index (κ1) is 76.7. The second-order valence-electron chi connectivity index (χ2n) is 23.7. The second kappa shape index (κ2) is 36.4. The van der Waals surface area contributed by atoms with Gasteiger partial charge in [0.2, 0.25) is 70.9 Å². The molecule has 34 nitrogen and oxygen atoms in total. The molecule has 2 heterocycles. The van der Waals surface area contributed by atoms with E-state index in [2.05, 4.69) is 52.8 Å². The molecule has 12 amide bonds. The number of aliphatic hydroxyl groups excluding tert-OH is 3. The van der Waals surface area contributed by atoms with Crippen molar-refractivity contribution in [2.45, 2.75) is 171 Å². The average molecular weight is 1320 g/mol. The maximum atomic E-state index is 14.5. The minimum Gasteiger partial charge on any atom is -0.508 e. The van der Waals surface area contributed by atoms with Gasteiger partial charge in [0.15, 0.2) is 0 Å². The molecule has 94 heavy (non-hydrogen) atoms. The Labute approximate surface area is 539 Å². The van der Waals surface area contributed by atoms with Gasteiger partial charge in [0.05, 0.1) is 38.2 Å². The van der Waals surface area contributed by atoms with E-state index in [1.54, 1.807) is 38.1 Å². The molecule has 0 unspecified atom stereocenters. The summed E-state index contributed by atoms with van der Waals surface area (Å²) in [6.07, 6.45) is -3.86. The number of hydrogen-bond acceptors (Lipinski definition) is 19. The number of carboxylic acid groups (broad SMARTS) is 2. The Morgan fingerprint density at radius 1 is 0.574 bits per heavy atom. The lowest BCUT2D eigenvalue weighted by Crippen LogP contribution is -2.62. The first-order valence-corrected chi connectivity index (χ1v) is 30.3. The summed E-state index contributed by atoms with van der Waals surface area (Å²) in [6.45, 7) is 5.71. The molecular formula is C60H86N14O20. The first-order valence-electron chi connectivity index (χ1n) is 30.3. The van der Waals surface area contributed by atoms with Crippen molar-refractivity contribution in [1.82, 2.24) is 57.7 Å². The van der Waals surface area contributed by atoms with Crippen LogP contribution in [0.2, 0.25) is 0 Å². The molecule has 1 aliphatic heterocycles. The van der Waals surface area contributed by atoms with E-state index in [0.717, 1.165) is 11.8 Å². The number of carboxylic acids is 2. The largest absolute Gasteiger partial charge is 0.508 e. The van der Waals surface area contributed by atoms with Crippen LogP contribution in [0.4, 0.5) is 0 Å². The smallest absolute Gasteiger partial charge is 0.326 e. The highest BCUT2D eigenvalue weighted by atomic mass is 16.4. The molecule has 2 aromatic carbocycles. The number of aromatic amines is 1. The third-order valence-electron chi connectivity index (χ3n) is 15.0. The van der Waals surface area contributed by atoms with Crippen molar-refractivity contribution >= 4 is 93.7 Å². The van der Waals surface area contributed by atoms with Gasteiger partial charge in [-0.05, 0) is 80.2 Å². The topological polar surface area (TPSA) is 566 Å². The number of hydrogen-bond donors (Lipinski definition) is 19. The van der Waals surface area contributed by atoms with Gasteiger partial charge in [0.25, 0.3) is 0 Å². The zero-order valence-electron chi connectivity index (χ0n) is 52.5. The van der Waals surface area contributed by atoms with Gasteiger partial charge < -0.3 is 106 Å². The number of amides is 12. The molecule has 1 fully saturated rings. The molecule has 1 saturated heterocycles. The fourth-order valence-corrected chi connectivity index (χ4v) is 10.2. The number of nitrogens with one attached hydrogen (secondary N) is 10. The molecule has 0 bridgehead atoms. The fourth-order valence-electron chi connectivity index (χ4n) is 10.2. The number of rotatable bonds is 38. The minimum absolute atomic E-state index is 0.00179. The number of aromatic hydroxyl groups is 1. The number of H-pyrrole nitrogens is 1. The maximum Gasteiger partial charge on any atom is 0.326 e. The van der Waals surface area contributed by atoms with Crippen molar-refractivity contribution in [2.75, 3.05) is 19.8 Å². The third-order valence-corrected chi connectivity index (χ3v) is 15.0. The summed E-state index contributed by atoms with van der Waals surface area (Å²) >= 11 is 0. The number of aliphatic carboxylic acids is 2. The SMILES string of the molecule is CC(C)C[C@H](NC(=O)[C@H](CC(N)=O)NC(=O)[C@H](CCC(=O)O)NC(=O)[C@H](Cc1c[nH]c2ccccc12)NC(=O)[C@H](CC(N)=O)NC(=O)[C@H](CO)NC(=O)[C@@H]1CCCN1C(=O)[C@H](CO)NC(=O)[C@@H](NC(=O)[C@H](Cc1ccc(O)cc1)NC(=O)[C@@H](N)CC(C)C)[C@@H](C)O)C(=O)O. The third kappa shape index (κ3) is 23.7. The molecular weight excluding hydrogens is 1240 g/mol. The summed E-state index contributed by atoms with van der Waals surface area (Å²) in [5.74, 6) is -16.8. The van der Waals surface area contributed by atoms with Gasteiger partial charge in [-0.3, -0.25) is 62.3 Å². The number of fused-ring (bicyclic) bond motifs is 1. The summed E-state index contributed by atoms with van der Waals surface area (Å²) in [5.41, 5.74) is 18.3. The van der Waals surface area contributed by atoms with E-state index in [9.17, 15) is 97.8 Å². The van der Waals surface area contributed by atoms with Crippen molar-refractivity contribution in [3.8, 4) is 5.75 Å². The Hall–Kier alpha value is -9.80. The quantitative estimate of drug-likeness (QED) is 0.0254. The number of nitrogens with two attached hydrogens (primary N) is 3. The summed E-state index contributed by atoms with van der Waals surface area (Å²) in [6, 6.07) is -6.11. The van der Waals surface area contributed by atoms with Gasteiger partial charge in [-0.25, -0.2) is 4.79 Å². The number of primary amides is 2. The monoisotopic (exact) mass is 1320 g/mol. The molecule has 0 radical (unpaired) electrons. The molecule has 12 atom stereocenters. The van der Waals surface area contributed by atoms with Crippen LogP contribution in [-0.2, 0) is 80.0 Å². The zero-order valence-corrected chi connectivity index (χ0v) is 52.5. The van der Waals surface area contributed by atoms with Crippen LogP contribution in [0, 0.1) is 11.8 Å². The van der Waals surface area contributed by atoms with Crippen LogP contribution in [0.25, 0.3) is 10.9 Å². The lowest BCUT2D eigenvalue weighted by Gasteiger charge is -2.30. The number of carbonyl (C=O) groups excluding carboxylic acids is 12. The van der Waals surface area contributed by atoms with E-state index < -0.39 is 201 Å². The van der Waals surface area contributed by atoms with Crippen molar-refractivity contribution in [3.05, 3.63) is 65.9 Å². The number of likely N-dealkylation sites (tertiary alicyclic amines) is 1. The van der Waals surface area contributed by atoms with E-state index in [0.29, 0.717) is 22.0 Å². The Morgan fingerprint density at radius 3 is 1.61 bits per heavy atom. The zero-order chi connectivity index (χ0) is 70.3. The van der Waals surface area contributed by atoms with E-state index in [4.69, 9.17) is 17.2 Å². The van der Waals surface area contributed by atoms with Gasteiger partial charge in [-0.1, -0.05) is 58.0 Å². The number of nitrogens with zero attached hydrogens (tertiary/aromatic N) is 1. The molecule has 0 aliphatic carbocycles. The Morgan fingerprint density at radius 2 is 1.06 bits per heavy atom. The Balaban J connectivity index is 1.54. The molecule has 516 valence electrons. The Kier molecular flexibility index (Phi) is 29.7. The van der Waals surface area contributed by atoms with Crippen LogP contribution in [0.3, 0.4) is 0 Å². The van der Waals surface area contributed by atoms with Crippen LogP contribution >= 0.6 is 0 Å². The van der Waals surface area contributed by atoms with Crippen LogP contribution in [0.5, 0.6) is 5.75 Å². The summed E-state index contributed by atoms with van der Waals surface area (Å²) in [7, 11) is 0. The molecule has 34 heteroatoms. The maximum absolute atomic E-state index is 14.5. The van der Waals surface area contributed by atoms with Crippen molar-refractivity contribution in [2.24, 2.45) is 29.0 Å². The lowest BCUT2D eigenvalue weighted by atomic mass is 10.0. The minimum atomic E-state index is -2.00. The molecule has 1 aliphatic rings. The standard InChI is InChI=1S/C60H86N14O20/c1-28(2)19-35(61)50(83)66-38(21-31-12-14-33(78)15-13-31)55(88)73-49(30(5)77)58(91)72-44(27-76)59(92)74-18-8-11-45(74)57(90)71-43(26-75)56(89)69-40(23-46(62)79)53(86)67-39(22-32-25-64-36-10-7-6-9-34(32)36)52(85)65-37(16-17-48(81)82)51(84)68-41(24-47(63)80)54(87)70-42(60(93)94)20-29(3)4/h6-7,9-10,12-15,25,28-30,35,37-45,49,64,75-78H,8,11,16-24,26-27,61H2,1-5H3,(H2,62,79)(H2,63,80)(H,65,85)(H,66,83)(H,67,86)(H,68,84)(H,69,89)(H,70,87)(H,71,90)(H,72,91)(H,73,88)(H,81,82)(H,93,94)/t30-,35+,37+,38+,39+,40+,41+,42+,43+,44+,45+,49+/m1/s1. The summed E-state index contributed by atoms with van der Waals surface area (Å²) in [4.78, 5) is 191. The van der Waals surface area contributed by atoms with Crippen molar-refractivity contribution < 1.29 is 97.8 Å². The van der Waals surface area contributed by atoms with Crippen molar-refractivity contribution in [3.63, 3.8) is 0 Å². The predicted molar refractivity (Wildman–Crippen MR) is 331 cm³/mol. The van der Waals surface area contributed by atoms with Crippen LogP contribution in [-0.4, -0.2) is 216 Å². The highest BCUT2D eigenvalue weighted by Crippen LogP contribution is 2.22. The molecule has 3 aromatic rings. The van der Waals surface area contributed by atoms with E-state index in [-0.39, 0.29) is 56.2 Å². The van der Waals surface area contributed by atoms with Crippen LogP contribution in [0.1, 0.15) is 97.1 Å². The number of para-hydroxylation sites is 1. The number of benzene rings is 2. The van der Waals surface area contributed by atoms with Crippen molar-refractivity contribution in [1.29, 1.82) is 0 Å². The average Bonchev–Trinajstić information content (AvgIpc) is 1.62. The van der Waals surface area contributed by atoms with E-state index in [1.807, 2.05) is 13.8 Å². The van der Waals surface area contributed by atoms with E-state index in [1.165, 1.54) is 30.5 Å². The predicted octanol–water partition coefficient (Wildman–Crippen LogP) is -5.50. The second-order valence-corrected chi connectivity index (χ2v) is 23.7. The number of aliphatic hydroxyl groups is 3. The van der Waals surface area contributed by atoms with Crippen LogP contribution < -0.4 is 65.1 Å². The molecule has 0 saturated carbocycles. The van der Waals surface area contributed by atoms with E-state index >= 15 is 0 Å². The fraction of sp³-hybridized carbons (Fsp3) is 0.533. The highest BCUT2D eigenvalue weighted by molar-refractivity contribution is 6.01. The molecule has 0 spiro atoms. The van der Waals surface area contributed by atoms with Gasteiger partial charge in [0, 0.05) is 42.9 Å². The van der Waals surface area contributed by atoms with Gasteiger partial charge in [-0.2, -0.15) is 0 Å². The van der Waals surface area contributed by atoms with Crippen LogP contribution in [0.15, 0.2) is 54.7 Å². The molecule has 1 aromatic heterocycles. The Bertz CT molecular complexity index is 3210. The highest BCUT2D eigenvalue weighted by Gasteiger charge is 2.42. The van der Waals surface area contributed by atoms with Gasteiger partial charge >= 0.3 is 11.9 Å².